The fourth-order valence-corrected chi connectivity index (χ4v) is 0.732. The molecule has 0 saturated carbocycles. The monoisotopic (exact) mass is 345 g/mol. The highest BCUT2D eigenvalue weighted by Crippen LogP contribution is 1.99. The van der Waals surface area contributed by atoms with Crippen molar-refractivity contribution >= 4 is 18.8 Å². The summed E-state index contributed by atoms with van der Waals surface area (Å²) in [6, 6.07) is 3.46. The molecule has 0 spiro atoms. The molecule has 2 aromatic rings. The number of nitrogens with zero attached hydrogens (tertiary/aromatic N) is 3. The number of carbonyl (C=O) groups is 3. The van der Waals surface area contributed by atoms with Crippen molar-refractivity contribution in [3.63, 3.8) is 0 Å². The van der Waals surface area contributed by atoms with Gasteiger partial charge in [-0.3, -0.25) is 9.59 Å². The smallest absolute Gasteiger partial charge is 0.150 e. The largest absolute Gasteiger partial charge is 0.304 e. The van der Waals surface area contributed by atoms with Crippen molar-refractivity contribution in [2.24, 2.45) is 0 Å². The average molecular weight is 346 g/mol. The molecule has 1 heterocycles. The minimum absolute atomic E-state index is 0. The lowest BCUT2D eigenvalue weighted by Crippen LogP contribution is -1.82. The Hall–Kier alpha value is -2.76. The molecule has 0 aliphatic rings. The zero-order valence-electron chi connectivity index (χ0n) is 15.9. The highest BCUT2D eigenvalue weighted by Gasteiger charge is 1.90. The van der Waals surface area contributed by atoms with E-state index in [1.807, 2.05) is 0 Å². The van der Waals surface area contributed by atoms with Gasteiger partial charge in [0, 0.05) is 11.1 Å². The number of hydrogen-bond donors (Lipinski definition) is 0. The molecule has 1 aromatic heterocycles. The Morgan fingerprint density at radius 3 is 1.38 bits per heavy atom. The molecule has 0 bridgehead atoms. The van der Waals surface area contributed by atoms with Crippen molar-refractivity contribution in [1.82, 2.24) is 15.0 Å². The van der Waals surface area contributed by atoms with Crippen molar-refractivity contribution in [1.29, 1.82) is 0 Å². The predicted molar refractivity (Wildman–Crippen MR) is 102 cm³/mol. The Bertz CT molecular complexity index is 694. The van der Waals surface area contributed by atoms with Crippen LogP contribution in [0.25, 0.3) is 0 Å². The van der Waals surface area contributed by atoms with Gasteiger partial charge in [-0.2, -0.15) is 0 Å². The van der Waals surface area contributed by atoms with E-state index in [1.54, 1.807) is 0 Å². The zero-order valence-corrected chi connectivity index (χ0v) is 9.88. The lowest BCUT2D eigenvalue weighted by Gasteiger charge is -1.89. The molecular formula is C18H33N3O3. The van der Waals surface area contributed by atoms with Crippen molar-refractivity contribution in [3.05, 3.63) is 54.3 Å². The number of rotatable bonds is 2. The van der Waals surface area contributed by atoms with E-state index in [1.165, 1.54) is 19.1 Å². The van der Waals surface area contributed by atoms with Gasteiger partial charge < -0.3 is 4.79 Å². The zero-order chi connectivity index (χ0) is 19.6. The second kappa shape index (κ2) is 28.4. The SMILES string of the molecule is C.C.C.C.C.CC=O.[2H]C(=O)c1cc([2H])cc(C([2H])=O)c1.[2H]c1nc([2H])nc([2H])n1. The van der Waals surface area contributed by atoms with E-state index in [-0.39, 0.29) is 73.2 Å². The quantitative estimate of drug-likeness (QED) is 0.741. The summed E-state index contributed by atoms with van der Waals surface area (Å²) in [6.07, 6.45) is -2.17. The van der Waals surface area contributed by atoms with Crippen LogP contribution < -0.4 is 0 Å². The second-order valence-electron chi connectivity index (χ2n) is 2.59. The van der Waals surface area contributed by atoms with Gasteiger partial charge in [-0.05, 0) is 13.0 Å². The van der Waals surface area contributed by atoms with Gasteiger partial charge >= 0.3 is 0 Å². The Morgan fingerprint density at radius 2 is 1.12 bits per heavy atom. The molecule has 0 fully saturated rings. The van der Waals surface area contributed by atoms with Gasteiger partial charge in [-0.25, -0.2) is 15.0 Å². The molecule has 0 radical (unpaired) electrons. The molecule has 0 unspecified atom stereocenters. The van der Waals surface area contributed by atoms with E-state index in [0.717, 1.165) is 12.4 Å². The van der Waals surface area contributed by atoms with E-state index in [9.17, 15) is 9.59 Å². The third kappa shape index (κ3) is 21.5. The summed E-state index contributed by atoms with van der Waals surface area (Å²) in [6.45, 7) is 1.44. The maximum absolute atomic E-state index is 10.6. The second-order valence-corrected chi connectivity index (χ2v) is 2.59. The molecule has 0 aliphatic heterocycles. The minimum atomic E-state index is -0.961. The maximum Gasteiger partial charge on any atom is 0.150 e. The number of hydrogen-bond acceptors (Lipinski definition) is 6. The Labute approximate surface area is 155 Å². The molecule has 0 atom stereocenters. The van der Waals surface area contributed by atoms with Crippen LogP contribution >= 0.6 is 0 Å². The third-order valence-corrected chi connectivity index (χ3v) is 1.32. The van der Waals surface area contributed by atoms with Crippen molar-refractivity contribution in [3.8, 4) is 0 Å². The average Bonchev–Trinajstić information content (AvgIpc) is 2.46. The summed E-state index contributed by atoms with van der Waals surface area (Å²) in [5.41, 5.74) is -0.0776. The highest BCUT2D eigenvalue weighted by atomic mass is 16.1. The van der Waals surface area contributed by atoms with Gasteiger partial charge in [0.1, 0.15) is 44.6 Å². The van der Waals surface area contributed by atoms with Crippen LogP contribution in [0.5, 0.6) is 0 Å². The van der Waals surface area contributed by atoms with Crippen LogP contribution in [-0.4, -0.2) is 33.8 Å². The Kier molecular flexibility index (Phi) is 22.8. The summed E-state index contributed by atoms with van der Waals surface area (Å²) in [5.74, 6) is 0. The summed E-state index contributed by atoms with van der Waals surface area (Å²) >= 11 is 0. The van der Waals surface area contributed by atoms with E-state index in [2.05, 4.69) is 15.0 Å². The first-order valence-corrected chi connectivity index (χ1v) is 4.79. The van der Waals surface area contributed by atoms with Crippen LogP contribution in [0.15, 0.2) is 43.2 Å². The lowest BCUT2D eigenvalue weighted by atomic mass is 10.2. The normalized spacial score (nSPS) is 9.71. The van der Waals surface area contributed by atoms with Crippen LogP contribution in [0, 0.1) is 0 Å². The number of aromatic nitrogens is 3. The Balaban J connectivity index is -0.0000000760. The van der Waals surface area contributed by atoms with Gasteiger partial charge in [0.15, 0.2) is 0 Å². The van der Waals surface area contributed by atoms with E-state index in [4.69, 9.17) is 13.0 Å². The molecule has 6 nitrogen and oxygen atoms in total. The fraction of sp³-hybridized carbons (Fsp3) is 0.333. The maximum atomic E-state index is 10.6. The number of benzene rings is 1. The van der Waals surface area contributed by atoms with E-state index >= 15 is 0 Å². The first kappa shape index (κ1) is 19.3. The highest BCUT2D eigenvalue weighted by molar-refractivity contribution is 5.81. The number of aldehydes is 3. The first-order valence-electron chi connectivity index (χ1n) is 7.79. The summed E-state index contributed by atoms with van der Waals surface area (Å²) in [4.78, 5) is 39.6. The standard InChI is InChI=1S/C8H6O2.C3H3N3.C2H4O.5CH4/c9-5-7-2-1-3-8(4-7)6-10;1-4-2-6-3-5-1;1-2-3;;;;;/h1-6H;1-3H;2H,1H3;5*1H4/i1D,5D,6D;1D,2D,3D;;;;;;. The lowest BCUT2D eigenvalue weighted by molar-refractivity contribution is -0.106. The van der Waals surface area contributed by atoms with Crippen molar-refractivity contribution < 1.29 is 22.6 Å². The molecule has 0 saturated heterocycles. The van der Waals surface area contributed by atoms with Crippen molar-refractivity contribution in [2.75, 3.05) is 0 Å². The van der Waals surface area contributed by atoms with Crippen LogP contribution in [0.2, 0.25) is 0 Å². The predicted octanol–water partition coefficient (Wildman–Crippen LogP) is 4.57. The van der Waals surface area contributed by atoms with Crippen LogP contribution in [0.1, 0.15) is 73.0 Å². The van der Waals surface area contributed by atoms with Crippen molar-refractivity contribution in [2.45, 2.75) is 44.1 Å². The summed E-state index contributed by atoms with van der Waals surface area (Å²) in [7, 11) is 0. The molecule has 0 N–H and O–H groups in total. The van der Waals surface area contributed by atoms with E-state index < -0.39 is 12.5 Å². The summed E-state index contributed by atoms with van der Waals surface area (Å²) in [5, 5.41) is 0. The topological polar surface area (TPSA) is 89.9 Å². The minimum Gasteiger partial charge on any atom is -0.304 e. The van der Waals surface area contributed by atoms with Crippen LogP contribution in [-0.2, 0) is 4.79 Å². The summed E-state index contributed by atoms with van der Waals surface area (Å²) < 4.78 is 41.0. The van der Waals surface area contributed by atoms with Gasteiger partial charge in [0.05, 0.1) is 1.37 Å². The molecule has 2 rings (SSSR count). The van der Waals surface area contributed by atoms with Crippen LogP contribution in [0.3, 0.4) is 0 Å². The molecule has 0 aliphatic carbocycles. The molecule has 0 amide bonds. The molecule has 1 aromatic carbocycles. The Morgan fingerprint density at radius 1 is 0.833 bits per heavy atom. The first-order chi connectivity index (χ1) is 11.6. The van der Waals surface area contributed by atoms with Gasteiger partial charge in [0.25, 0.3) is 0 Å². The molecular weight excluding hydrogens is 306 g/mol. The van der Waals surface area contributed by atoms with Gasteiger partial charge in [0.2, 0.25) is 0 Å². The fourth-order valence-electron chi connectivity index (χ4n) is 0.732. The number of carbonyl (C=O) groups excluding carboxylic acids is 3. The molecule has 6 heteroatoms. The van der Waals surface area contributed by atoms with Gasteiger partial charge in [-0.15, -0.1) is 0 Å². The molecule has 24 heavy (non-hydrogen) atoms. The van der Waals surface area contributed by atoms with Crippen LogP contribution in [0.4, 0.5) is 0 Å². The molecule has 138 valence electrons. The van der Waals surface area contributed by atoms with Gasteiger partial charge in [-0.1, -0.05) is 55.3 Å². The van der Waals surface area contributed by atoms with E-state index in [0.29, 0.717) is 0 Å². The third-order valence-electron chi connectivity index (χ3n) is 1.32.